The first-order valence-corrected chi connectivity index (χ1v) is 7.62. The first-order chi connectivity index (χ1) is 10.6. The second-order valence-electron chi connectivity index (χ2n) is 6.17. The van der Waals surface area contributed by atoms with E-state index in [0.717, 1.165) is 36.4 Å². The summed E-state index contributed by atoms with van der Waals surface area (Å²) in [4.78, 5) is 14.5. The van der Waals surface area contributed by atoms with Crippen LogP contribution in [0.15, 0.2) is 15.2 Å². The fourth-order valence-corrected chi connectivity index (χ4v) is 2.89. The van der Waals surface area contributed by atoms with Crippen LogP contribution in [0.5, 0.6) is 0 Å². The topological polar surface area (TPSA) is 85.3 Å². The smallest absolute Gasteiger partial charge is 0.276 e. The molecule has 1 amide bonds. The molecule has 0 N–H and O–H groups in total. The third-order valence-corrected chi connectivity index (χ3v) is 3.90. The van der Waals surface area contributed by atoms with Crippen molar-refractivity contribution in [3.63, 3.8) is 0 Å². The highest BCUT2D eigenvalue weighted by molar-refractivity contribution is 5.92. The molecule has 0 radical (unpaired) electrons. The fourth-order valence-electron chi connectivity index (χ4n) is 2.89. The molecule has 2 aromatic rings. The normalized spacial score (nSPS) is 18.4. The molecule has 0 aliphatic carbocycles. The van der Waals surface area contributed by atoms with Gasteiger partial charge in [0, 0.05) is 19.0 Å². The summed E-state index contributed by atoms with van der Waals surface area (Å²) < 4.78 is 10.0. The van der Waals surface area contributed by atoms with Crippen LogP contribution in [-0.4, -0.2) is 32.8 Å². The van der Waals surface area contributed by atoms with E-state index in [4.69, 9.17) is 9.15 Å². The predicted octanol–water partition coefficient (Wildman–Crippen LogP) is 2.54. The van der Waals surface area contributed by atoms with Crippen LogP contribution in [0.3, 0.4) is 0 Å². The average molecular weight is 304 g/mol. The largest absolute Gasteiger partial charge is 0.361 e. The molecule has 0 bridgehead atoms. The molecule has 0 saturated carbocycles. The van der Waals surface area contributed by atoms with Crippen molar-refractivity contribution >= 4 is 5.91 Å². The number of carbonyl (C=O) groups excluding carboxylic acids is 1. The molecule has 7 nitrogen and oxygen atoms in total. The maximum Gasteiger partial charge on any atom is 0.276 e. The summed E-state index contributed by atoms with van der Waals surface area (Å²) in [5.74, 6) is 1.08. The van der Waals surface area contributed by atoms with Crippen molar-refractivity contribution in [2.24, 2.45) is 5.92 Å². The molecule has 0 aromatic carbocycles. The van der Waals surface area contributed by atoms with Crippen molar-refractivity contribution in [1.82, 2.24) is 20.4 Å². The molecule has 22 heavy (non-hydrogen) atoms. The van der Waals surface area contributed by atoms with Crippen LogP contribution in [0.25, 0.3) is 0 Å². The van der Waals surface area contributed by atoms with Crippen molar-refractivity contribution in [2.45, 2.75) is 46.1 Å². The number of likely N-dealkylation sites (tertiary alicyclic amines) is 1. The van der Waals surface area contributed by atoms with Gasteiger partial charge in [-0.25, -0.2) is 4.63 Å². The second kappa shape index (κ2) is 5.90. The average Bonchev–Trinajstić information content (AvgIpc) is 3.16. The fraction of sp³-hybridized carbons (Fsp3) is 0.600. The van der Waals surface area contributed by atoms with Crippen LogP contribution in [-0.2, 0) is 6.42 Å². The molecule has 3 rings (SSSR count). The minimum absolute atomic E-state index is 0.0935. The molecule has 1 saturated heterocycles. The maximum atomic E-state index is 12.7. The Hall–Kier alpha value is -2.18. The highest BCUT2D eigenvalue weighted by Crippen LogP contribution is 2.33. The van der Waals surface area contributed by atoms with Gasteiger partial charge in [-0.2, -0.15) is 0 Å². The Balaban J connectivity index is 1.79. The van der Waals surface area contributed by atoms with Gasteiger partial charge in [-0.15, -0.1) is 0 Å². The lowest BCUT2D eigenvalue weighted by Gasteiger charge is -2.21. The molecule has 1 unspecified atom stereocenters. The predicted molar refractivity (Wildman–Crippen MR) is 77.1 cm³/mol. The van der Waals surface area contributed by atoms with Crippen LogP contribution < -0.4 is 0 Å². The molecule has 118 valence electrons. The number of carbonyl (C=O) groups is 1. The van der Waals surface area contributed by atoms with Crippen molar-refractivity contribution in [3.05, 3.63) is 28.9 Å². The lowest BCUT2D eigenvalue weighted by Crippen LogP contribution is -2.31. The number of rotatable bonds is 4. The Morgan fingerprint density at radius 2 is 2.23 bits per heavy atom. The van der Waals surface area contributed by atoms with Gasteiger partial charge in [0.25, 0.3) is 5.91 Å². The van der Waals surface area contributed by atoms with Crippen LogP contribution in [0.1, 0.15) is 60.4 Å². The lowest BCUT2D eigenvalue weighted by atomic mass is 10.1. The van der Waals surface area contributed by atoms with Crippen molar-refractivity contribution < 1.29 is 13.9 Å². The van der Waals surface area contributed by atoms with Crippen LogP contribution >= 0.6 is 0 Å². The van der Waals surface area contributed by atoms with Gasteiger partial charge in [-0.05, 0) is 25.7 Å². The molecule has 1 aliphatic heterocycles. The molecule has 2 aromatic heterocycles. The SMILES string of the molecule is Cc1nonc1C1CCCN1C(=O)c1cc(CC(C)C)on1. The summed E-state index contributed by atoms with van der Waals surface area (Å²) in [6.07, 6.45) is 2.56. The number of amides is 1. The standard InChI is InChI=1S/C15H20N4O3/c1-9(2)7-11-8-12(17-21-11)15(20)19-6-4-5-13(19)14-10(3)16-22-18-14/h8-9,13H,4-7H2,1-3H3. The Labute approximate surface area is 128 Å². The molecule has 1 fully saturated rings. The summed E-state index contributed by atoms with van der Waals surface area (Å²) in [5, 5.41) is 11.7. The number of aromatic nitrogens is 3. The monoisotopic (exact) mass is 304 g/mol. The van der Waals surface area contributed by atoms with E-state index in [2.05, 4.69) is 29.3 Å². The highest BCUT2D eigenvalue weighted by atomic mass is 16.6. The van der Waals surface area contributed by atoms with Gasteiger partial charge in [-0.3, -0.25) is 4.79 Å². The van der Waals surface area contributed by atoms with Crippen molar-refractivity contribution in [3.8, 4) is 0 Å². The first-order valence-electron chi connectivity index (χ1n) is 7.62. The Kier molecular flexibility index (Phi) is 3.96. The van der Waals surface area contributed by atoms with Crippen LogP contribution in [0.2, 0.25) is 0 Å². The van der Waals surface area contributed by atoms with Crippen LogP contribution in [0.4, 0.5) is 0 Å². The summed E-state index contributed by atoms with van der Waals surface area (Å²) in [5.41, 5.74) is 1.82. The maximum absolute atomic E-state index is 12.7. The summed E-state index contributed by atoms with van der Waals surface area (Å²) in [6, 6.07) is 1.65. The lowest BCUT2D eigenvalue weighted by molar-refractivity contribution is 0.0719. The van der Waals surface area contributed by atoms with E-state index in [9.17, 15) is 4.79 Å². The van der Waals surface area contributed by atoms with E-state index in [1.807, 2.05) is 6.92 Å². The van der Waals surface area contributed by atoms with E-state index in [1.165, 1.54) is 0 Å². The van der Waals surface area contributed by atoms with Crippen molar-refractivity contribution in [2.75, 3.05) is 6.54 Å². The number of aryl methyl sites for hydroxylation is 1. The Morgan fingerprint density at radius 1 is 1.41 bits per heavy atom. The first kappa shape index (κ1) is 14.7. The van der Waals surface area contributed by atoms with Gasteiger partial charge >= 0.3 is 0 Å². The molecule has 1 aliphatic rings. The minimum atomic E-state index is -0.122. The van der Waals surface area contributed by atoms with E-state index in [0.29, 0.717) is 18.2 Å². The van der Waals surface area contributed by atoms with E-state index in [1.54, 1.807) is 11.0 Å². The summed E-state index contributed by atoms with van der Waals surface area (Å²) >= 11 is 0. The molecular formula is C15H20N4O3. The van der Waals surface area contributed by atoms with E-state index < -0.39 is 0 Å². The number of nitrogens with zero attached hydrogens (tertiary/aromatic N) is 4. The third-order valence-electron chi connectivity index (χ3n) is 3.90. The van der Waals surface area contributed by atoms with Crippen LogP contribution in [0, 0.1) is 12.8 Å². The third kappa shape index (κ3) is 2.75. The zero-order chi connectivity index (χ0) is 15.7. The Morgan fingerprint density at radius 3 is 2.91 bits per heavy atom. The van der Waals surface area contributed by atoms with Gasteiger partial charge in [0.2, 0.25) is 0 Å². The number of hydrogen-bond acceptors (Lipinski definition) is 6. The second-order valence-corrected chi connectivity index (χ2v) is 6.17. The van der Waals surface area contributed by atoms with Gasteiger partial charge in [0.15, 0.2) is 5.69 Å². The van der Waals surface area contributed by atoms with Gasteiger partial charge in [-0.1, -0.05) is 29.3 Å². The number of hydrogen-bond donors (Lipinski definition) is 0. The van der Waals surface area contributed by atoms with Crippen molar-refractivity contribution in [1.29, 1.82) is 0 Å². The zero-order valence-electron chi connectivity index (χ0n) is 13.1. The summed E-state index contributed by atoms with van der Waals surface area (Å²) in [6.45, 7) is 6.72. The van der Waals surface area contributed by atoms with E-state index >= 15 is 0 Å². The zero-order valence-corrected chi connectivity index (χ0v) is 13.1. The van der Waals surface area contributed by atoms with E-state index in [-0.39, 0.29) is 11.9 Å². The van der Waals surface area contributed by atoms with Gasteiger partial charge < -0.3 is 9.42 Å². The molecule has 0 spiro atoms. The molecule has 3 heterocycles. The highest BCUT2D eigenvalue weighted by Gasteiger charge is 2.35. The summed E-state index contributed by atoms with van der Waals surface area (Å²) in [7, 11) is 0. The quantitative estimate of drug-likeness (QED) is 0.863. The molecular weight excluding hydrogens is 284 g/mol. The van der Waals surface area contributed by atoms with Gasteiger partial charge in [0.05, 0.1) is 6.04 Å². The van der Waals surface area contributed by atoms with Gasteiger partial charge in [0.1, 0.15) is 17.1 Å². The minimum Gasteiger partial charge on any atom is -0.361 e. The molecule has 1 atom stereocenters. The Bertz CT molecular complexity index is 661. The molecule has 7 heteroatoms.